The molecule has 4 nitrogen and oxygen atoms in total. The molecule has 3 rings (SSSR count). The Morgan fingerprint density at radius 2 is 1.52 bits per heavy atom. The molecule has 0 radical (unpaired) electrons. The van der Waals surface area contributed by atoms with Crippen LogP contribution in [0.1, 0.15) is 15.9 Å². The minimum atomic E-state index is -4.40. The first-order valence-electron chi connectivity index (χ1n) is 8.58. The van der Waals surface area contributed by atoms with E-state index in [2.05, 4.69) is 4.74 Å². The van der Waals surface area contributed by atoms with Crippen LogP contribution in [-0.4, -0.2) is 20.2 Å². The largest absolute Gasteiger partial charge is 0.496 e. The van der Waals surface area contributed by atoms with Gasteiger partial charge in [-0.05, 0) is 47.5 Å². The number of carbonyl (C=O) groups excluding carboxylic acids is 1. The first-order chi connectivity index (χ1) is 13.7. The normalized spacial score (nSPS) is 11.2. The SMILES string of the molecule is COC(=O)c1ccc(-c2ccc(OC)c(-c3ccc(C(F)(F)F)cc3)c2)c(N)c1. The van der Waals surface area contributed by atoms with Crippen molar-refractivity contribution in [3.63, 3.8) is 0 Å². The predicted octanol–water partition coefficient (Wildman–Crippen LogP) is 5.42. The number of rotatable bonds is 4. The first-order valence-corrected chi connectivity index (χ1v) is 8.58. The molecule has 0 bridgehead atoms. The molecule has 0 amide bonds. The summed E-state index contributed by atoms with van der Waals surface area (Å²) in [6, 6.07) is 14.9. The van der Waals surface area contributed by atoms with Crippen molar-refractivity contribution < 1.29 is 27.4 Å². The Hall–Kier alpha value is -3.48. The second-order valence-electron chi connectivity index (χ2n) is 6.28. The fourth-order valence-electron chi connectivity index (χ4n) is 3.01. The van der Waals surface area contributed by atoms with Crippen molar-refractivity contribution in [3.05, 3.63) is 71.8 Å². The molecule has 3 aromatic carbocycles. The van der Waals surface area contributed by atoms with Gasteiger partial charge in [0.1, 0.15) is 5.75 Å². The summed E-state index contributed by atoms with van der Waals surface area (Å²) in [5.41, 5.74) is 8.68. The molecule has 0 unspecified atom stereocenters. The minimum Gasteiger partial charge on any atom is -0.496 e. The number of hydrogen-bond donors (Lipinski definition) is 1. The van der Waals surface area contributed by atoms with E-state index in [1.165, 1.54) is 32.4 Å². The summed E-state index contributed by atoms with van der Waals surface area (Å²) in [5, 5.41) is 0. The molecule has 0 aliphatic rings. The third-order valence-electron chi connectivity index (χ3n) is 4.51. The second-order valence-corrected chi connectivity index (χ2v) is 6.28. The molecule has 0 aromatic heterocycles. The van der Waals surface area contributed by atoms with Crippen LogP contribution in [0.5, 0.6) is 5.75 Å². The lowest BCUT2D eigenvalue weighted by Gasteiger charge is -2.14. The molecule has 0 saturated carbocycles. The van der Waals surface area contributed by atoms with Crippen molar-refractivity contribution in [1.29, 1.82) is 0 Å². The van der Waals surface area contributed by atoms with E-state index in [0.717, 1.165) is 17.7 Å². The molecule has 29 heavy (non-hydrogen) atoms. The summed E-state index contributed by atoms with van der Waals surface area (Å²) < 4.78 is 48.6. The summed E-state index contributed by atoms with van der Waals surface area (Å²) in [4.78, 5) is 11.7. The zero-order valence-electron chi connectivity index (χ0n) is 15.7. The van der Waals surface area contributed by atoms with Gasteiger partial charge >= 0.3 is 12.1 Å². The van der Waals surface area contributed by atoms with Crippen LogP contribution in [-0.2, 0) is 10.9 Å². The van der Waals surface area contributed by atoms with Crippen LogP contribution in [0.3, 0.4) is 0 Å². The molecule has 3 aromatic rings. The Morgan fingerprint density at radius 1 is 0.862 bits per heavy atom. The number of methoxy groups -OCH3 is 2. The number of nitrogens with two attached hydrogens (primary N) is 1. The topological polar surface area (TPSA) is 61.5 Å². The lowest BCUT2D eigenvalue weighted by Crippen LogP contribution is -2.04. The van der Waals surface area contributed by atoms with Gasteiger partial charge < -0.3 is 15.2 Å². The third-order valence-corrected chi connectivity index (χ3v) is 4.51. The third kappa shape index (κ3) is 4.18. The number of alkyl halides is 3. The number of carbonyl (C=O) groups is 1. The van der Waals surface area contributed by atoms with Gasteiger partial charge in [0.05, 0.1) is 25.3 Å². The highest BCUT2D eigenvalue weighted by Crippen LogP contribution is 2.37. The molecule has 0 aliphatic heterocycles. The number of esters is 1. The van der Waals surface area contributed by atoms with E-state index in [0.29, 0.717) is 33.7 Å². The molecular formula is C22H18F3NO3. The Bertz CT molecular complexity index is 1040. The summed E-state index contributed by atoms with van der Waals surface area (Å²) >= 11 is 0. The average molecular weight is 401 g/mol. The quantitative estimate of drug-likeness (QED) is 0.469. The van der Waals surface area contributed by atoms with E-state index >= 15 is 0 Å². The van der Waals surface area contributed by atoms with Gasteiger partial charge in [0.2, 0.25) is 0 Å². The maximum absolute atomic E-state index is 12.8. The molecule has 0 fully saturated rings. The van der Waals surface area contributed by atoms with Gasteiger partial charge in [-0.3, -0.25) is 0 Å². The predicted molar refractivity (Wildman–Crippen MR) is 105 cm³/mol. The van der Waals surface area contributed by atoms with Crippen LogP contribution >= 0.6 is 0 Å². The highest BCUT2D eigenvalue weighted by molar-refractivity contribution is 5.93. The van der Waals surface area contributed by atoms with E-state index in [1.54, 1.807) is 30.3 Å². The van der Waals surface area contributed by atoms with Crippen LogP contribution in [0.15, 0.2) is 60.7 Å². The van der Waals surface area contributed by atoms with Crippen molar-refractivity contribution in [1.82, 2.24) is 0 Å². The standard InChI is InChI=1S/C22H18F3NO3/c1-28-20-10-6-14(17-9-5-15(12-19(17)26)21(27)29-2)11-18(20)13-3-7-16(8-4-13)22(23,24)25/h3-12H,26H2,1-2H3. The Kier molecular flexibility index (Phi) is 5.50. The van der Waals surface area contributed by atoms with Gasteiger partial charge in [0, 0.05) is 16.8 Å². The number of nitrogen functional groups attached to an aromatic ring is 1. The summed E-state index contributed by atoms with van der Waals surface area (Å²) in [5.74, 6) is 0.0154. The lowest BCUT2D eigenvalue weighted by atomic mass is 9.96. The molecule has 0 heterocycles. The molecule has 0 aliphatic carbocycles. The summed E-state index contributed by atoms with van der Waals surface area (Å²) in [6.07, 6.45) is -4.40. The van der Waals surface area contributed by atoms with Crippen molar-refractivity contribution in [3.8, 4) is 28.0 Å². The van der Waals surface area contributed by atoms with Crippen LogP contribution in [0.2, 0.25) is 0 Å². The Balaban J connectivity index is 2.05. The van der Waals surface area contributed by atoms with Gasteiger partial charge in [-0.1, -0.05) is 24.3 Å². The Labute approximate surface area is 165 Å². The maximum atomic E-state index is 12.8. The molecule has 0 saturated heterocycles. The molecule has 2 N–H and O–H groups in total. The first kappa shape index (κ1) is 20.3. The van der Waals surface area contributed by atoms with E-state index in [9.17, 15) is 18.0 Å². The minimum absolute atomic E-state index is 0.324. The summed E-state index contributed by atoms with van der Waals surface area (Å²) in [6.45, 7) is 0. The van der Waals surface area contributed by atoms with Gasteiger partial charge in [-0.2, -0.15) is 13.2 Å². The second kappa shape index (κ2) is 7.87. The van der Waals surface area contributed by atoms with Gasteiger partial charge in [0.25, 0.3) is 0 Å². The molecule has 7 heteroatoms. The molecular weight excluding hydrogens is 383 g/mol. The van der Waals surface area contributed by atoms with Crippen molar-refractivity contribution in [2.24, 2.45) is 0 Å². The smallest absolute Gasteiger partial charge is 0.416 e. The molecule has 0 spiro atoms. The van der Waals surface area contributed by atoms with Crippen LogP contribution in [0.4, 0.5) is 18.9 Å². The van der Waals surface area contributed by atoms with Gasteiger partial charge in [-0.25, -0.2) is 4.79 Å². The number of halogens is 3. The van der Waals surface area contributed by atoms with E-state index in [4.69, 9.17) is 10.5 Å². The van der Waals surface area contributed by atoms with E-state index in [1.807, 2.05) is 0 Å². The Morgan fingerprint density at radius 3 is 2.07 bits per heavy atom. The van der Waals surface area contributed by atoms with Crippen molar-refractivity contribution in [2.75, 3.05) is 20.0 Å². The fraction of sp³-hybridized carbons (Fsp3) is 0.136. The van der Waals surface area contributed by atoms with Gasteiger partial charge in [0.15, 0.2) is 0 Å². The highest BCUT2D eigenvalue weighted by Gasteiger charge is 2.30. The van der Waals surface area contributed by atoms with Crippen LogP contribution in [0.25, 0.3) is 22.3 Å². The number of hydrogen-bond acceptors (Lipinski definition) is 4. The molecule has 0 atom stereocenters. The monoisotopic (exact) mass is 401 g/mol. The maximum Gasteiger partial charge on any atom is 0.416 e. The van der Waals surface area contributed by atoms with Crippen LogP contribution in [0, 0.1) is 0 Å². The number of anilines is 1. The van der Waals surface area contributed by atoms with Gasteiger partial charge in [-0.15, -0.1) is 0 Å². The average Bonchev–Trinajstić information content (AvgIpc) is 2.72. The number of ether oxygens (including phenoxy) is 2. The zero-order chi connectivity index (χ0) is 21.2. The highest BCUT2D eigenvalue weighted by atomic mass is 19.4. The van der Waals surface area contributed by atoms with Crippen LogP contribution < -0.4 is 10.5 Å². The fourth-order valence-corrected chi connectivity index (χ4v) is 3.01. The number of benzene rings is 3. The molecule has 150 valence electrons. The summed E-state index contributed by atoms with van der Waals surface area (Å²) in [7, 11) is 2.77. The zero-order valence-corrected chi connectivity index (χ0v) is 15.7. The van der Waals surface area contributed by atoms with Crippen molar-refractivity contribution in [2.45, 2.75) is 6.18 Å². The van der Waals surface area contributed by atoms with E-state index in [-0.39, 0.29) is 0 Å². The van der Waals surface area contributed by atoms with E-state index < -0.39 is 17.7 Å². The van der Waals surface area contributed by atoms with Crippen molar-refractivity contribution >= 4 is 11.7 Å². The lowest BCUT2D eigenvalue weighted by molar-refractivity contribution is -0.137.